The quantitative estimate of drug-likeness (QED) is 0.799. The van der Waals surface area contributed by atoms with E-state index in [2.05, 4.69) is 10.3 Å². The second-order valence-corrected chi connectivity index (χ2v) is 9.16. The number of sulfonamides is 1. The van der Waals surface area contributed by atoms with E-state index >= 15 is 0 Å². The summed E-state index contributed by atoms with van der Waals surface area (Å²) < 4.78 is 28.5. The molecular weight excluding hydrogens is 352 g/mol. The summed E-state index contributed by atoms with van der Waals surface area (Å²) >= 11 is 0. The molecule has 1 heterocycles. The average molecular weight is 381 g/mol. The van der Waals surface area contributed by atoms with Crippen LogP contribution in [-0.2, 0) is 21.4 Å². The van der Waals surface area contributed by atoms with Crippen molar-refractivity contribution in [2.24, 2.45) is 0 Å². The van der Waals surface area contributed by atoms with E-state index in [0.717, 1.165) is 5.52 Å². The molecular formula is C18H28N4O3S. The maximum atomic E-state index is 12.6. The number of benzene rings is 1. The Hall–Kier alpha value is -1.93. The number of nitrogens with one attached hydrogen (secondary N) is 1. The minimum atomic E-state index is -3.51. The zero-order valence-corrected chi connectivity index (χ0v) is 16.9. The van der Waals surface area contributed by atoms with E-state index < -0.39 is 10.0 Å². The molecule has 2 rings (SSSR count). The van der Waals surface area contributed by atoms with Crippen LogP contribution in [0.5, 0.6) is 0 Å². The first-order valence-corrected chi connectivity index (χ1v) is 10.3. The molecule has 7 nitrogen and oxygen atoms in total. The minimum absolute atomic E-state index is 0.0277. The molecule has 0 saturated heterocycles. The highest BCUT2D eigenvalue weighted by Crippen LogP contribution is 2.21. The molecule has 0 aliphatic rings. The second kappa shape index (κ2) is 7.75. The van der Waals surface area contributed by atoms with Crippen molar-refractivity contribution in [2.75, 3.05) is 13.1 Å². The third-order valence-corrected chi connectivity index (χ3v) is 6.08. The molecule has 0 saturated carbocycles. The zero-order chi connectivity index (χ0) is 19.5. The molecule has 0 spiro atoms. The van der Waals surface area contributed by atoms with Gasteiger partial charge in [0, 0.05) is 31.6 Å². The molecule has 144 valence electrons. The number of hydrogen-bond donors (Lipinski definition) is 1. The lowest BCUT2D eigenvalue weighted by Crippen LogP contribution is -2.40. The molecule has 0 atom stereocenters. The fraction of sp³-hybridized carbons (Fsp3) is 0.556. The molecule has 0 fully saturated rings. The minimum Gasteiger partial charge on any atom is -0.351 e. The molecule has 0 radical (unpaired) electrons. The molecule has 8 heteroatoms. The smallest absolute Gasteiger partial charge is 0.243 e. The summed E-state index contributed by atoms with van der Waals surface area (Å²) in [6, 6.07) is 4.94. The standard InChI is InChI=1S/C18H28N4O3S/c1-6-22(7-2)26(24,25)14-8-9-16-15(12-14)19-13-21(16)11-10-17(23)20-18(3,4)5/h8-9,12-13H,6-7,10-11H2,1-5H3,(H,20,23). The van der Waals surface area contributed by atoms with Gasteiger partial charge in [0.05, 0.1) is 22.3 Å². The van der Waals surface area contributed by atoms with Gasteiger partial charge in [-0.05, 0) is 39.0 Å². The van der Waals surface area contributed by atoms with Crippen molar-refractivity contribution in [3.63, 3.8) is 0 Å². The van der Waals surface area contributed by atoms with Crippen LogP contribution in [0.15, 0.2) is 29.4 Å². The van der Waals surface area contributed by atoms with Gasteiger partial charge < -0.3 is 9.88 Å². The van der Waals surface area contributed by atoms with Crippen molar-refractivity contribution in [2.45, 2.75) is 58.0 Å². The number of imidazole rings is 1. The zero-order valence-electron chi connectivity index (χ0n) is 16.1. The highest BCUT2D eigenvalue weighted by Gasteiger charge is 2.22. The third-order valence-electron chi connectivity index (χ3n) is 4.03. The number of aryl methyl sites for hydroxylation is 1. The van der Waals surface area contributed by atoms with E-state index in [9.17, 15) is 13.2 Å². The fourth-order valence-corrected chi connectivity index (χ4v) is 4.28. The van der Waals surface area contributed by atoms with Gasteiger partial charge >= 0.3 is 0 Å². The van der Waals surface area contributed by atoms with Crippen molar-refractivity contribution in [1.82, 2.24) is 19.2 Å². The SMILES string of the molecule is CCN(CC)S(=O)(=O)c1ccc2c(c1)ncn2CCC(=O)NC(C)(C)C. The number of rotatable bonds is 7. The summed E-state index contributed by atoms with van der Waals surface area (Å²) in [6.45, 7) is 10.8. The Morgan fingerprint density at radius 2 is 1.88 bits per heavy atom. The van der Waals surface area contributed by atoms with Crippen LogP contribution in [0.3, 0.4) is 0 Å². The van der Waals surface area contributed by atoms with Gasteiger partial charge in [-0.25, -0.2) is 13.4 Å². The van der Waals surface area contributed by atoms with Crippen LogP contribution in [0.1, 0.15) is 41.0 Å². The number of aromatic nitrogens is 2. The van der Waals surface area contributed by atoms with E-state index in [1.807, 2.05) is 39.2 Å². The summed E-state index contributed by atoms with van der Waals surface area (Å²) in [7, 11) is -3.51. The third kappa shape index (κ3) is 4.62. The van der Waals surface area contributed by atoms with E-state index in [1.54, 1.807) is 24.5 Å². The first-order valence-electron chi connectivity index (χ1n) is 8.84. The Labute approximate surface area is 155 Å². The lowest BCUT2D eigenvalue weighted by molar-refractivity contribution is -0.122. The van der Waals surface area contributed by atoms with Gasteiger partial charge in [0.15, 0.2) is 0 Å². The fourth-order valence-electron chi connectivity index (χ4n) is 2.80. The molecule has 0 aliphatic carbocycles. The van der Waals surface area contributed by atoms with E-state index in [4.69, 9.17) is 0 Å². The van der Waals surface area contributed by atoms with Gasteiger partial charge in [0.2, 0.25) is 15.9 Å². The predicted octanol–water partition coefficient (Wildman–Crippen LogP) is 2.37. The van der Waals surface area contributed by atoms with Gasteiger partial charge in [0.25, 0.3) is 0 Å². The highest BCUT2D eigenvalue weighted by molar-refractivity contribution is 7.89. The lowest BCUT2D eigenvalue weighted by atomic mass is 10.1. The molecule has 1 N–H and O–H groups in total. The Bertz CT molecular complexity index is 877. The molecule has 26 heavy (non-hydrogen) atoms. The monoisotopic (exact) mass is 380 g/mol. The molecule has 1 aromatic heterocycles. The van der Waals surface area contributed by atoms with Crippen LogP contribution < -0.4 is 5.32 Å². The average Bonchev–Trinajstić information content (AvgIpc) is 2.94. The van der Waals surface area contributed by atoms with Crippen LogP contribution in [0, 0.1) is 0 Å². The summed E-state index contributed by atoms with van der Waals surface area (Å²) in [5, 5.41) is 2.93. The Morgan fingerprint density at radius 1 is 1.23 bits per heavy atom. The van der Waals surface area contributed by atoms with Crippen LogP contribution in [-0.4, -0.2) is 46.8 Å². The van der Waals surface area contributed by atoms with Crippen LogP contribution >= 0.6 is 0 Å². The Kier molecular flexibility index (Phi) is 6.08. The Morgan fingerprint density at radius 3 is 2.46 bits per heavy atom. The number of amides is 1. The maximum Gasteiger partial charge on any atom is 0.243 e. The summed E-state index contributed by atoms with van der Waals surface area (Å²) in [6.07, 6.45) is 1.98. The topological polar surface area (TPSA) is 84.3 Å². The first kappa shape index (κ1) is 20.4. The van der Waals surface area contributed by atoms with Gasteiger partial charge in [0.1, 0.15) is 0 Å². The molecule has 1 amide bonds. The number of carbonyl (C=O) groups excluding carboxylic acids is 1. The number of nitrogens with zero attached hydrogens (tertiary/aromatic N) is 3. The van der Waals surface area contributed by atoms with Gasteiger partial charge in [-0.1, -0.05) is 13.8 Å². The maximum absolute atomic E-state index is 12.6. The molecule has 0 bridgehead atoms. The number of hydrogen-bond acceptors (Lipinski definition) is 4. The normalized spacial score (nSPS) is 12.7. The van der Waals surface area contributed by atoms with Crippen LogP contribution in [0.4, 0.5) is 0 Å². The van der Waals surface area contributed by atoms with E-state index in [-0.39, 0.29) is 16.3 Å². The number of fused-ring (bicyclic) bond motifs is 1. The second-order valence-electron chi connectivity index (χ2n) is 7.23. The highest BCUT2D eigenvalue weighted by atomic mass is 32.2. The molecule has 0 unspecified atom stereocenters. The van der Waals surface area contributed by atoms with Gasteiger partial charge in [-0.2, -0.15) is 4.31 Å². The Balaban J connectivity index is 2.20. The summed E-state index contributed by atoms with van der Waals surface area (Å²) in [5.41, 5.74) is 1.16. The summed E-state index contributed by atoms with van der Waals surface area (Å²) in [4.78, 5) is 16.5. The van der Waals surface area contributed by atoms with Gasteiger partial charge in [-0.3, -0.25) is 4.79 Å². The first-order chi connectivity index (χ1) is 12.1. The van der Waals surface area contributed by atoms with Crippen molar-refractivity contribution in [3.8, 4) is 0 Å². The molecule has 2 aromatic rings. The van der Waals surface area contributed by atoms with Crippen molar-refractivity contribution in [1.29, 1.82) is 0 Å². The molecule has 1 aromatic carbocycles. The lowest BCUT2D eigenvalue weighted by Gasteiger charge is -2.20. The largest absolute Gasteiger partial charge is 0.351 e. The van der Waals surface area contributed by atoms with Crippen molar-refractivity contribution < 1.29 is 13.2 Å². The van der Waals surface area contributed by atoms with Crippen LogP contribution in [0.25, 0.3) is 11.0 Å². The molecule has 0 aliphatic heterocycles. The van der Waals surface area contributed by atoms with Crippen LogP contribution in [0.2, 0.25) is 0 Å². The van der Waals surface area contributed by atoms with Crippen molar-refractivity contribution in [3.05, 3.63) is 24.5 Å². The van der Waals surface area contributed by atoms with E-state index in [0.29, 0.717) is 31.6 Å². The summed E-state index contributed by atoms with van der Waals surface area (Å²) in [5.74, 6) is -0.0277. The van der Waals surface area contributed by atoms with E-state index in [1.165, 1.54) is 4.31 Å². The predicted molar refractivity (Wildman–Crippen MR) is 102 cm³/mol. The van der Waals surface area contributed by atoms with Crippen molar-refractivity contribution >= 4 is 27.0 Å². The number of carbonyl (C=O) groups is 1. The van der Waals surface area contributed by atoms with Gasteiger partial charge in [-0.15, -0.1) is 0 Å².